The first kappa shape index (κ1) is 16.2. The molecule has 1 heterocycles. The molecule has 0 saturated heterocycles. The lowest BCUT2D eigenvalue weighted by Crippen LogP contribution is -2.24. The fourth-order valence-corrected chi connectivity index (χ4v) is 4.63. The smallest absolute Gasteiger partial charge is 0.185 e. The van der Waals surface area contributed by atoms with Gasteiger partial charge in [-0.2, -0.15) is 4.37 Å². The second-order valence-corrected chi connectivity index (χ2v) is 7.71. The van der Waals surface area contributed by atoms with Crippen LogP contribution in [0.25, 0.3) is 0 Å². The van der Waals surface area contributed by atoms with Gasteiger partial charge in [-0.3, -0.25) is 0 Å². The van der Waals surface area contributed by atoms with Gasteiger partial charge in [-0.05, 0) is 23.9 Å². The largest absolute Gasteiger partial charge is 0.382 e. The van der Waals surface area contributed by atoms with Crippen molar-refractivity contribution in [1.29, 1.82) is 0 Å². The van der Waals surface area contributed by atoms with Gasteiger partial charge in [-0.15, -0.1) is 0 Å². The van der Waals surface area contributed by atoms with Gasteiger partial charge in [0.15, 0.2) is 15.7 Å². The molecule has 1 atom stereocenters. The lowest BCUT2D eigenvalue weighted by atomic mass is 10.1. The molecule has 1 rings (SSSR count). The zero-order chi connectivity index (χ0) is 14.6. The van der Waals surface area contributed by atoms with Gasteiger partial charge in [-0.25, -0.2) is 8.42 Å². The molecular formula is C12H23N3O2S2. The van der Waals surface area contributed by atoms with Crippen LogP contribution in [-0.2, 0) is 9.84 Å². The molecule has 0 radical (unpaired) electrons. The topological polar surface area (TPSA) is 76.3 Å². The second kappa shape index (κ2) is 6.56. The van der Waals surface area contributed by atoms with Crippen molar-refractivity contribution in [2.75, 3.05) is 30.0 Å². The maximum atomic E-state index is 12.3. The fourth-order valence-electron chi connectivity index (χ4n) is 1.87. The summed E-state index contributed by atoms with van der Waals surface area (Å²) in [5.74, 6) is 0.735. The van der Waals surface area contributed by atoms with Crippen molar-refractivity contribution in [3.63, 3.8) is 0 Å². The SMILES string of the molecule is CCCS(=O)(=O)c1c(N)nsc1N(C)CC(C)CC. The van der Waals surface area contributed by atoms with E-state index < -0.39 is 9.84 Å². The standard InChI is InChI=1S/C12H23N3O2S2/c1-5-7-19(16,17)10-11(13)14-18-12(10)15(4)8-9(3)6-2/h9H,5-8H2,1-4H3,(H2,13,14). The summed E-state index contributed by atoms with van der Waals surface area (Å²) in [4.78, 5) is 2.16. The molecule has 0 aliphatic heterocycles. The van der Waals surface area contributed by atoms with Crippen molar-refractivity contribution in [3.8, 4) is 0 Å². The Kier molecular flexibility index (Phi) is 5.61. The molecule has 0 aromatic carbocycles. The number of sulfone groups is 1. The first-order valence-corrected chi connectivity index (χ1v) is 8.95. The Morgan fingerprint density at radius 2 is 2.05 bits per heavy atom. The number of nitrogen functional groups attached to an aromatic ring is 1. The summed E-state index contributed by atoms with van der Waals surface area (Å²) in [6, 6.07) is 0. The highest BCUT2D eigenvalue weighted by Gasteiger charge is 2.27. The van der Waals surface area contributed by atoms with Crippen LogP contribution in [0.1, 0.15) is 33.6 Å². The predicted octanol–water partition coefficient (Wildman–Crippen LogP) is 2.39. The fraction of sp³-hybridized carbons (Fsp3) is 0.750. The third kappa shape index (κ3) is 3.82. The summed E-state index contributed by atoms with van der Waals surface area (Å²) >= 11 is 1.16. The van der Waals surface area contributed by atoms with Crippen LogP contribution < -0.4 is 10.6 Å². The molecule has 5 nitrogen and oxygen atoms in total. The van der Waals surface area contributed by atoms with Crippen molar-refractivity contribution in [3.05, 3.63) is 0 Å². The number of aromatic nitrogens is 1. The second-order valence-electron chi connectivity index (χ2n) is 4.91. The molecule has 0 bridgehead atoms. The minimum absolute atomic E-state index is 0.111. The molecule has 0 amide bonds. The van der Waals surface area contributed by atoms with Crippen molar-refractivity contribution >= 4 is 32.2 Å². The molecule has 2 N–H and O–H groups in total. The number of rotatable bonds is 7. The molecular weight excluding hydrogens is 282 g/mol. The van der Waals surface area contributed by atoms with Crippen molar-refractivity contribution in [2.45, 2.75) is 38.5 Å². The van der Waals surface area contributed by atoms with E-state index in [0.717, 1.165) is 24.5 Å². The highest BCUT2D eigenvalue weighted by molar-refractivity contribution is 7.91. The molecule has 1 aromatic rings. The van der Waals surface area contributed by atoms with E-state index in [4.69, 9.17) is 5.73 Å². The number of nitrogens with zero attached hydrogens (tertiary/aromatic N) is 2. The highest BCUT2D eigenvalue weighted by Crippen LogP contribution is 2.35. The van der Waals surface area contributed by atoms with Gasteiger partial charge in [0.25, 0.3) is 0 Å². The Morgan fingerprint density at radius 1 is 1.42 bits per heavy atom. The van der Waals surface area contributed by atoms with Crippen molar-refractivity contribution < 1.29 is 8.42 Å². The van der Waals surface area contributed by atoms with Gasteiger partial charge in [0.1, 0.15) is 9.90 Å². The number of nitrogens with two attached hydrogens (primary N) is 1. The Labute approximate surface area is 119 Å². The normalized spacial score (nSPS) is 13.5. The van der Waals surface area contributed by atoms with Gasteiger partial charge in [-0.1, -0.05) is 27.2 Å². The van der Waals surface area contributed by atoms with Crippen LogP contribution in [0.2, 0.25) is 0 Å². The molecule has 0 aliphatic carbocycles. The predicted molar refractivity (Wildman–Crippen MR) is 81.6 cm³/mol. The van der Waals surface area contributed by atoms with Crippen molar-refractivity contribution in [2.24, 2.45) is 5.92 Å². The van der Waals surface area contributed by atoms with Gasteiger partial charge >= 0.3 is 0 Å². The molecule has 1 aromatic heterocycles. The van der Waals surface area contributed by atoms with Crippen LogP contribution in [0, 0.1) is 5.92 Å². The first-order valence-electron chi connectivity index (χ1n) is 6.52. The van der Waals surface area contributed by atoms with E-state index in [9.17, 15) is 8.42 Å². The number of hydrogen-bond donors (Lipinski definition) is 1. The molecule has 1 unspecified atom stereocenters. The summed E-state index contributed by atoms with van der Waals surface area (Å²) in [5, 5.41) is 0.659. The van der Waals surface area contributed by atoms with E-state index >= 15 is 0 Å². The maximum absolute atomic E-state index is 12.3. The van der Waals surface area contributed by atoms with Crippen LogP contribution in [0.15, 0.2) is 4.90 Å². The molecule has 0 fully saturated rings. The average Bonchev–Trinajstić information content (AvgIpc) is 2.71. The van der Waals surface area contributed by atoms with Crippen LogP contribution in [0.3, 0.4) is 0 Å². The van der Waals surface area contributed by atoms with Crippen LogP contribution >= 0.6 is 11.5 Å². The Morgan fingerprint density at radius 3 is 2.58 bits per heavy atom. The molecule has 7 heteroatoms. The van der Waals surface area contributed by atoms with E-state index in [1.54, 1.807) is 0 Å². The van der Waals surface area contributed by atoms with Gasteiger partial charge in [0, 0.05) is 13.6 Å². The molecule has 19 heavy (non-hydrogen) atoms. The van der Waals surface area contributed by atoms with Gasteiger partial charge in [0.05, 0.1) is 5.75 Å². The summed E-state index contributed by atoms with van der Waals surface area (Å²) in [5.41, 5.74) is 5.75. The van der Waals surface area contributed by atoms with E-state index in [1.165, 1.54) is 0 Å². The zero-order valence-corrected chi connectivity index (χ0v) is 13.6. The number of anilines is 2. The van der Waals surface area contributed by atoms with E-state index in [1.807, 2.05) is 18.9 Å². The minimum atomic E-state index is -3.33. The zero-order valence-electron chi connectivity index (χ0n) is 12.0. The minimum Gasteiger partial charge on any atom is -0.382 e. The number of hydrogen-bond acceptors (Lipinski definition) is 6. The quantitative estimate of drug-likeness (QED) is 0.837. The summed E-state index contributed by atoms with van der Waals surface area (Å²) in [7, 11) is -1.44. The summed E-state index contributed by atoms with van der Waals surface area (Å²) in [6.45, 7) is 6.90. The Balaban J connectivity index is 3.11. The Hall–Kier alpha value is -0.820. The summed E-state index contributed by atoms with van der Waals surface area (Å²) in [6.07, 6.45) is 1.63. The maximum Gasteiger partial charge on any atom is 0.185 e. The van der Waals surface area contributed by atoms with Crippen molar-refractivity contribution in [1.82, 2.24) is 4.37 Å². The average molecular weight is 305 g/mol. The molecule has 0 aliphatic rings. The lowest BCUT2D eigenvalue weighted by molar-refractivity contribution is 0.559. The van der Waals surface area contributed by atoms with E-state index in [-0.39, 0.29) is 16.5 Å². The summed E-state index contributed by atoms with van der Waals surface area (Å²) < 4.78 is 28.5. The third-order valence-electron chi connectivity index (χ3n) is 3.07. The lowest BCUT2D eigenvalue weighted by Gasteiger charge is -2.22. The molecule has 0 spiro atoms. The van der Waals surface area contributed by atoms with Crippen LogP contribution in [-0.4, -0.2) is 32.1 Å². The Bertz CT molecular complexity index is 511. The van der Waals surface area contributed by atoms with Crippen LogP contribution in [0.4, 0.5) is 10.8 Å². The third-order valence-corrected chi connectivity index (χ3v) is 6.15. The molecule has 0 saturated carbocycles. The first-order chi connectivity index (χ1) is 8.83. The van der Waals surface area contributed by atoms with Crippen LogP contribution in [0.5, 0.6) is 0 Å². The monoisotopic (exact) mass is 305 g/mol. The van der Waals surface area contributed by atoms with Gasteiger partial charge < -0.3 is 10.6 Å². The molecule has 110 valence electrons. The van der Waals surface area contributed by atoms with Gasteiger partial charge in [0.2, 0.25) is 0 Å². The highest BCUT2D eigenvalue weighted by atomic mass is 32.2. The van der Waals surface area contributed by atoms with E-state index in [2.05, 4.69) is 18.2 Å². The van der Waals surface area contributed by atoms with E-state index in [0.29, 0.717) is 17.3 Å².